The number of nitrogens with zero attached hydrogens (tertiary/aromatic N) is 2. The van der Waals surface area contributed by atoms with Crippen molar-refractivity contribution in [3.8, 4) is 0 Å². The summed E-state index contributed by atoms with van der Waals surface area (Å²) in [6.07, 6.45) is 2.69. The quantitative estimate of drug-likeness (QED) is 0.623. The van der Waals surface area contributed by atoms with E-state index in [4.69, 9.17) is 0 Å². The zero-order chi connectivity index (χ0) is 13.2. The highest BCUT2D eigenvalue weighted by molar-refractivity contribution is 5.73. The lowest BCUT2D eigenvalue weighted by Crippen LogP contribution is -2.36. The molecule has 0 aliphatic carbocycles. The lowest BCUT2D eigenvalue weighted by molar-refractivity contribution is 0.0455. The van der Waals surface area contributed by atoms with Crippen LogP contribution < -0.4 is 10.9 Å². The van der Waals surface area contributed by atoms with Crippen molar-refractivity contribution in [1.29, 1.82) is 0 Å². The summed E-state index contributed by atoms with van der Waals surface area (Å²) in [7, 11) is 0. The third-order valence-electron chi connectivity index (χ3n) is 3.22. The lowest BCUT2D eigenvalue weighted by atomic mass is 9.98. The van der Waals surface area contributed by atoms with Crippen LogP contribution >= 0.6 is 0 Å². The highest BCUT2D eigenvalue weighted by Crippen LogP contribution is 2.15. The first-order valence-electron chi connectivity index (χ1n) is 5.97. The van der Waals surface area contributed by atoms with Gasteiger partial charge in [-0.25, -0.2) is 0 Å². The molecule has 7 nitrogen and oxygen atoms in total. The van der Waals surface area contributed by atoms with Crippen LogP contribution in [0.15, 0.2) is 11.0 Å². The minimum atomic E-state index is -0.790. The molecular weight excluding hydrogens is 234 g/mol. The summed E-state index contributed by atoms with van der Waals surface area (Å²) < 4.78 is 0. The van der Waals surface area contributed by atoms with Gasteiger partial charge in [0, 0.05) is 6.54 Å². The molecule has 7 heteroatoms. The van der Waals surface area contributed by atoms with E-state index in [0.29, 0.717) is 36.4 Å². The van der Waals surface area contributed by atoms with Gasteiger partial charge in [-0.1, -0.05) is 13.8 Å². The number of nitrogens with one attached hydrogen (secondary N) is 3. The van der Waals surface area contributed by atoms with E-state index in [1.165, 1.54) is 6.20 Å². The number of aromatic amines is 2. The summed E-state index contributed by atoms with van der Waals surface area (Å²) in [5.74, 6) is 0.331. The molecule has 2 heterocycles. The molecule has 0 radical (unpaired) electrons. The number of rotatable bonds is 5. The monoisotopic (exact) mass is 251 g/mol. The Balaban J connectivity index is 2.20. The molecule has 0 aliphatic rings. The van der Waals surface area contributed by atoms with Crippen molar-refractivity contribution in [2.24, 2.45) is 0 Å². The highest BCUT2D eigenvalue weighted by Gasteiger charge is 2.22. The van der Waals surface area contributed by atoms with Crippen molar-refractivity contribution in [3.05, 3.63) is 16.6 Å². The van der Waals surface area contributed by atoms with Crippen LogP contribution in [0.5, 0.6) is 0 Å². The number of hydrogen-bond acceptors (Lipinski definition) is 5. The molecule has 0 unspecified atom stereocenters. The maximum Gasteiger partial charge on any atom is 0.263 e. The van der Waals surface area contributed by atoms with E-state index in [2.05, 4.69) is 25.5 Å². The van der Waals surface area contributed by atoms with Crippen LogP contribution in [0.3, 0.4) is 0 Å². The summed E-state index contributed by atoms with van der Waals surface area (Å²) in [6, 6.07) is 0. The fourth-order valence-electron chi connectivity index (χ4n) is 1.68. The Morgan fingerprint density at radius 3 is 2.83 bits per heavy atom. The van der Waals surface area contributed by atoms with Crippen LogP contribution in [-0.4, -0.2) is 37.4 Å². The molecule has 2 aromatic rings. The van der Waals surface area contributed by atoms with Gasteiger partial charge in [-0.05, 0) is 12.8 Å². The Morgan fingerprint density at radius 2 is 2.17 bits per heavy atom. The van der Waals surface area contributed by atoms with Crippen molar-refractivity contribution in [2.75, 3.05) is 11.9 Å². The average molecular weight is 251 g/mol. The van der Waals surface area contributed by atoms with E-state index >= 15 is 0 Å². The van der Waals surface area contributed by atoms with Gasteiger partial charge in [-0.2, -0.15) is 10.1 Å². The highest BCUT2D eigenvalue weighted by atomic mass is 16.3. The third kappa shape index (κ3) is 2.35. The number of fused-ring (bicyclic) bond motifs is 1. The number of aromatic nitrogens is 4. The average Bonchev–Trinajstić information content (AvgIpc) is 2.85. The molecule has 0 saturated heterocycles. The maximum atomic E-state index is 11.7. The first-order chi connectivity index (χ1) is 8.58. The normalized spacial score (nSPS) is 11.9. The standard InChI is InChI=1S/C11H17N5O2/c1-3-11(18,4-2)6-12-10-14-8-7(5-13-16-8)9(17)15-10/h5,18H,3-4,6H2,1-2H3,(H3,12,13,14,15,16,17). The molecule has 2 aromatic heterocycles. The van der Waals surface area contributed by atoms with Crippen LogP contribution in [0.4, 0.5) is 5.95 Å². The second-order valence-corrected chi connectivity index (χ2v) is 4.33. The Hall–Kier alpha value is -1.89. The van der Waals surface area contributed by atoms with Gasteiger partial charge < -0.3 is 10.4 Å². The fraction of sp³-hybridized carbons (Fsp3) is 0.545. The molecule has 18 heavy (non-hydrogen) atoms. The molecule has 0 aliphatic heterocycles. The summed E-state index contributed by atoms with van der Waals surface area (Å²) >= 11 is 0. The van der Waals surface area contributed by atoms with Gasteiger partial charge >= 0.3 is 0 Å². The van der Waals surface area contributed by atoms with Gasteiger partial charge in [0.25, 0.3) is 5.56 Å². The largest absolute Gasteiger partial charge is 0.388 e. The molecular formula is C11H17N5O2. The van der Waals surface area contributed by atoms with E-state index in [1.54, 1.807) is 0 Å². The molecule has 0 fully saturated rings. The van der Waals surface area contributed by atoms with E-state index < -0.39 is 5.60 Å². The molecule has 0 atom stereocenters. The third-order valence-corrected chi connectivity index (χ3v) is 3.22. The smallest absolute Gasteiger partial charge is 0.263 e. The number of hydrogen-bond donors (Lipinski definition) is 4. The molecule has 0 aromatic carbocycles. The lowest BCUT2D eigenvalue weighted by Gasteiger charge is -2.25. The van der Waals surface area contributed by atoms with Crippen LogP contribution in [0.1, 0.15) is 26.7 Å². The van der Waals surface area contributed by atoms with E-state index in [9.17, 15) is 9.90 Å². The van der Waals surface area contributed by atoms with Gasteiger partial charge in [0.1, 0.15) is 5.39 Å². The second kappa shape index (κ2) is 4.77. The van der Waals surface area contributed by atoms with E-state index in [-0.39, 0.29) is 5.56 Å². The predicted octanol–water partition coefficient (Wildman–Crippen LogP) is 0.609. The molecule has 0 bridgehead atoms. The van der Waals surface area contributed by atoms with Crippen molar-refractivity contribution >= 4 is 17.0 Å². The Morgan fingerprint density at radius 1 is 1.44 bits per heavy atom. The molecule has 98 valence electrons. The van der Waals surface area contributed by atoms with Gasteiger partial charge in [-0.3, -0.25) is 14.9 Å². The summed E-state index contributed by atoms with van der Waals surface area (Å²) in [6.45, 7) is 4.17. The minimum Gasteiger partial charge on any atom is -0.388 e. The second-order valence-electron chi connectivity index (χ2n) is 4.33. The molecule has 2 rings (SSSR count). The van der Waals surface area contributed by atoms with Gasteiger partial charge in [-0.15, -0.1) is 0 Å². The van der Waals surface area contributed by atoms with E-state index in [0.717, 1.165) is 0 Å². The van der Waals surface area contributed by atoms with Crippen molar-refractivity contribution in [1.82, 2.24) is 20.2 Å². The van der Waals surface area contributed by atoms with Crippen molar-refractivity contribution in [3.63, 3.8) is 0 Å². The fourth-order valence-corrected chi connectivity index (χ4v) is 1.68. The van der Waals surface area contributed by atoms with Gasteiger partial charge in [0.15, 0.2) is 5.65 Å². The number of aliphatic hydroxyl groups is 1. The first-order valence-corrected chi connectivity index (χ1v) is 5.97. The summed E-state index contributed by atoms with van der Waals surface area (Å²) in [5, 5.41) is 19.9. The van der Waals surface area contributed by atoms with Crippen LogP contribution in [0.25, 0.3) is 11.0 Å². The van der Waals surface area contributed by atoms with Crippen molar-refractivity contribution in [2.45, 2.75) is 32.3 Å². The maximum absolute atomic E-state index is 11.7. The van der Waals surface area contributed by atoms with E-state index in [1.807, 2.05) is 13.8 Å². The summed E-state index contributed by atoms with van der Waals surface area (Å²) in [4.78, 5) is 18.4. The Bertz CT molecular complexity index is 584. The van der Waals surface area contributed by atoms with Crippen LogP contribution in [0, 0.1) is 0 Å². The van der Waals surface area contributed by atoms with Gasteiger partial charge in [0.2, 0.25) is 5.95 Å². The Kier molecular flexibility index (Phi) is 3.33. The number of anilines is 1. The van der Waals surface area contributed by atoms with Gasteiger partial charge in [0.05, 0.1) is 11.8 Å². The molecule has 4 N–H and O–H groups in total. The predicted molar refractivity (Wildman–Crippen MR) is 68.5 cm³/mol. The molecule has 0 spiro atoms. The zero-order valence-corrected chi connectivity index (χ0v) is 10.4. The zero-order valence-electron chi connectivity index (χ0n) is 10.4. The van der Waals surface area contributed by atoms with Crippen molar-refractivity contribution < 1.29 is 5.11 Å². The summed E-state index contributed by atoms with van der Waals surface area (Å²) in [5.41, 5.74) is -0.618. The minimum absolute atomic E-state index is 0.257. The van der Waals surface area contributed by atoms with Crippen LogP contribution in [0.2, 0.25) is 0 Å². The molecule has 0 saturated carbocycles. The van der Waals surface area contributed by atoms with Crippen LogP contribution in [-0.2, 0) is 0 Å². The Labute approximate surface area is 104 Å². The first kappa shape index (κ1) is 12.6. The topological polar surface area (TPSA) is 107 Å². The molecule has 0 amide bonds. The number of H-pyrrole nitrogens is 2. The SMILES string of the molecule is CCC(O)(CC)CNc1nc2[nH]ncc2c(=O)[nH]1.